The third-order valence-corrected chi connectivity index (χ3v) is 2.49. The van der Waals surface area contributed by atoms with Gasteiger partial charge in [0.15, 0.2) is 0 Å². The molecule has 0 radical (unpaired) electrons. The van der Waals surface area contributed by atoms with Crippen molar-refractivity contribution in [2.45, 2.75) is 18.1 Å². The van der Waals surface area contributed by atoms with Crippen LogP contribution in [-0.2, 0) is 10.1 Å². The first-order valence-corrected chi connectivity index (χ1v) is 4.51. The zero-order chi connectivity index (χ0) is 8.91. The van der Waals surface area contributed by atoms with E-state index in [1.807, 2.05) is 0 Å². The molecule has 0 rings (SSSR count). The molecule has 0 aromatic rings. The van der Waals surface area contributed by atoms with E-state index in [-0.39, 0.29) is 70.8 Å². The molecule has 0 bridgehead atoms. The molecule has 0 aromatic carbocycles. The number of nitrogens with zero attached hydrogens (tertiary/aromatic N) is 1. The molecule has 2 N–H and O–H groups in total. The number of nitrogens with two attached hydrogens (primary N) is 1. The van der Waals surface area contributed by atoms with Crippen LogP contribution in [0.25, 0.3) is 0 Å². The predicted molar refractivity (Wildman–Crippen MR) is 37.4 cm³/mol. The molecule has 5 nitrogen and oxygen atoms in total. The van der Waals surface area contributed by atoms with Crippen LogP contribution in [0.15, 0.2) is 0 Å². The predicted octanol–water partition coefficient (Wildman–Crippen LogP) is -3.83. The molecule has 1 atom stereocenters. The Morgan fingerprint density at radius 2 is 2.08 bits per heavy atom. The Balaban J connectivity index is 0. The molecule has 0 aliphatic carbocycles. The largest absolute Gasteiger partial charge is 1.00 e. The van der Waals surface area contributed by atoms with E-state index in [0.717, 1.165) is 0 Å². The van der Waals surface area contributed by atoms with Gasteiger partial charge in [-0.05, 0) is 6.42 Å². The van der Waals surface area contributed by atoms with Crippen LogP contribution in [0.1, 0.15) is 12.8 Å². The van der Waals surface area contributed by atoms with Gasteiger partial charge in [0.25, 0.3) is 0 Å². The summed E-state index contributed by atoms with van der Waals surface area (Å²) in [5, 5.41) is 6.98. The van der Waals surface area contributed by atoms with Crippen molar-refractivity contribution < 1.29 is 64.4 Å². The second-order valence-corrected chi connectivity index (χ2v) is 3.70. The Hall–Kier alpha value is 0.996. The topological polar surface area (TPSA) is 107 Å². The van der Waals surface area contributed by atoms with E-state index in [1.165, 1.54) is 0 Å². The van der Waals surface area contributed by atoms with Gasteiger partial charge in [-0.2, -0.15) is 5.26 Å². The summed E-state index contributed by atoms with van der Waals surface area (Å²) in [5.74, 6) is 0. The van der Waals surface area contributed by atoms with Crippen LogP contribution in [0.2, 0.25) is 0 Å². The first-order valence-electron chi connectivity index (χ1n) is 3.04. The van der Waals surface area contributed by atoms with E-state index < -0.39 is 15.4 Å². The molecule has 0 saturated carbocycles. The second kappa shape index (κ2) is 7.40. The van der Waals surface area contributed by atoms with Gasteiger partial charge in [0.1, 0.15) is 0 Å². The summed E-state index contributed by atoms with van der Waals surface area (Å²) in [6, 6.07) is 1.75. The maximum Gasteiger partial charge on any atom is 1.00 e. The summed E-state index contributed by atoms with van der Waals surface area (Å²) < 4.78 is 31.0. The Bertz CT molecular complexity index is 246. The molecule has 12 heavy (non-hydrogen) atoms. The summed E-state index contributed by atoms with van der Waals surface area (Å²) in [6.45, 7) is -0.215. The van der Waals surface area contributed by atoms with Crippen molar-refractivity contribution in [1.29, 1.82) is 5.26 Å². The number of hydrogen-bond donors (Lipinski definition) is 1. The SMILES string of the molecule is N#CCCC(CN)S(=O)(=O)[O-].[K+]. The van der Waals surface area contributed by atoms with Crippen LogP contribution in [-0.4, -0.2) is 24.8 Å². The van der Waals surface area contributed by atoms with Gasteiger partial charge in [-0.15, -0.1) is 0 Å². The zero-order valence-corrected chi connectivity index (χ0v) is 10.8. The molecule has 0 aliphatic heterocycles. The Labute approximate surface area is 114 Å². The summed E-state index contributed by atoms with van der Waals surface area (Å²) in [4.78, 5) is 0. The molecule has 64 valence electrons. The fourth-order valence-corrected chi connectivity index (χ4v) is 1.25. The zero-order valence-electron chi connectivity index (χ0n) is 6.86. The number of rotatable bonds is 4. The number of hydrogen-bond acceptors (Lipinski definition) is 5. The van der Waals surface area contributed by atoms with Crippen LogP contribution in [0, 0.1) is 11.3 Å². The smallest absolute Gasteiger partial charge is 0.748 e. The van der Waals surface area contributed by atoms with Crippen LogP contribution in [0.5, 0.6) is 0 Å². The summed E-state index contributed by atoms with van der Waals surface area (Å²) >= 11 is 0. The van der Waals surface area contributed by atoms with Gasteiger partial charge in [0.05, 0.1) is 21.4 Å². The van der Waals surface area contributed by atoms with Crippen molar-refractivity contribution in [3.8, 4) is 6.07 Å². The molecule has 0 aromatic heterocycles. The van der Waals surface area contributed by atoms with Gasteiger partial charge in [-0.3, -0.25) is 0 Å². The average molecular weight is 216 g/mol. The molecule has 0 heterocycles. The summed E-state index contributed by atoms with van der Waals surface area (Å²) in [5.41, 5.74) is 5.01. The van der Waals surface area contributed by atoms with Crippen LogP contribution < -0.4 is 57.1 Å². The first-order chi connectivity index (χ1) is 5.02. The molecular formula is C5H9KN2O3S. The third kappa shape index (κ3) is 6.51. The van der Waals surface area contributed by atoms with E-state index in [0.29, 0.717) is 0 Å². The quantitative estimate of drug-likeness (QED) is 0.382. The van der Waals surface area contributed by atoms with Gasteiger partial charge in [-0.25, -0.2) is 8.42 Å². The molecule has 1 unspecified atom stereocenters. The second-order valence-electron chi connectivity index (χ2n) is 2.05. The maximum absolute atomic E-state index is 10.3. The summed E-state index contributed by atoms with van der Waals surface area (Å²) in [7, 11) is -4.31. The van der Waals surface area contributed by atoms with Crippen LogP contribution in [0.4, 0.5) is 0 Å². The van der Waals surface area contributed by atoms with Gasteiger partial charge in [-0.1, -0.05) is 0 Å². The van der Waals surface area contributed by atoms with Crippen molar-refractivity contribution in [2.24, 2.45) is 5.73 Å². The van der Waals surface area contributed by atoms with E-state index in [9.17, 15) is 13.0 Å². The standard InChI is InChI=1S/C5H10N2O3S.K/c6-3-1-2-5(4-7)11(8,9)10;/h5H,1-2,4,7H2,(H,8,9,10);/q;+1/p-1. The van der Waals surface area contributed by atoms with E-state index in [4.69, 9.17) is 11.0 Å². The maximum atomic E-state index is 10.3. The average Bonchev–Trinajstić information content (AvgIpc) is 1.87. The summed E-state index contributed by atoms with van der Waals surface area (Å²) in [6.07, 6.45) is 0.0716. The van der Waals surface area contributed by atoms with Gasteiger partial charge >= 0.3 is 51.4 Å². The molecule has 0 aliphatic rings. The van der Waals surface area contributed by atoms with Gasteiger partial charge in [0, 0.05) is 13.0 Å². The van der Waals surface area contributed by atoms with Crippen molar-refractivity contribution in [2.75, 3.05) is 6.54 Å². The van der Waals surface area contributed by atoms with Crippen molar-refractivity contribution in [3.63, 3.8) is 0 Å². The fourth-order valence-electron chi connectivity index (χ4n) is 0.606. The van der Waals surface area contributed by atoms with Gasteiger partial charge < -0.3 is 10.3 Å². The number of nitriles is 1. The van der Waals surface area contributed by atoms with Crippen LogP contribution >= 0.6 is 0 Å². The minimum absolute atomic E-state index is 0. The van der Waals surface area contributed by atoms with Crippen LogP contribution in [0.3, 0.4) is 0 Å². The molecular weight excluding hydrogens is 207 g/mol. The van der Waals surface area contributed by atoms with Crippen molar-refractivity contribution in [3.05, 3.63) is 0 Å². The van der Waals surface area contributed by atoms with Gasteiger partial charge in [0.2, 0.25) is 0 Å². The minimum atomic E-state index is -4.31. The Kier molecular flexibility index (Phi) is 9.54. The molecule has 0 fully saturated rings. The monoisotopic (exact) mass is 216 g/mol. The van der Waals surface area contributed by atoms with E-state index in [2.05, 4.69) is 0 Å². The fraction of sp³-hybridized carbons (Fsp3) is 0.800. The Morgan fingerprint density at radius 3 is 2.33 bits per heavy atom. The van der Waals surface area contributed by atoms with Crippen molar-refractivity contribution >= 4 is 10.1 Å². The van der Waals surface area contributed by atoms with Crippen molar-refractivity contribution in [1.82, 2.24) is 0 Å². The van der Waals surface area contributed by atoms with E-state index in [1.54, 1.807) is 6.07 Å². The Morgan fingerprint density at radius 1 is 1.58 bits per heavy atom. The third-order valence-electron chi connectivity index (χ3n) is 1.25. The molecule has 7 heteroatoms. The molecule has 0 saturated heterocycles. The molecule has 0 amide bonds. The molecule has 0 spiro atoms. The van der Waals surface area contributed by atoms with E-state index >= 15 is 0 Å². The normalized spacial score (nSPS) is 12.8. The minimum Gasteiger partial charge on any atom is -0.748 e. The first kappa shape index (κ1) is 15.5.